The van der Waals surface area contributed by atoms with E-state index >= 15 is 0 Å². The second-order valence-corrected chi connectivity index (χ2v) is 11.4. The number of likely N-dealkylation sites (tertiary alicyclic amines) is 1. The van der Waals surface area contributed by atoms with Crippen LogP contribution in [0.1, 0.15) is 72.6 Å². The van der Waals surface area contributed by atoms with Gasteiger partial charge in [0.05, 0.1) is 5.92 Å². The molecule has 0 radical (unpaired) electrons. The summed E-state index contributed by atoms with van der Waals surface area (Å²) in [4.78, 5) is 15.4. The summed E-state index contributed by atoms with van der Waals surface area (Å²) in [5.74, 6) is 1.90. The van der Waals surface area contributed by atoms with Crippen molar-refractivity contribution in [2.24, 2.45) is 34.5 Å². The van der Waals surface area contributed by atoms with Crippen LogP contribution in [0.2, 0.25) is 0 Å². The molecule has 0 aromatic carbocycles. The molecule has 0 N–H and O–H groups in total. The van der Waals surface area contributed by atoms with Crippen molar-refractivity contribution in [2.75, 3.05) is 19.6 Å². The van der Waals surface area contributed by atoms with Crippen LogP contribution >= 0.6 is 0 Å². The minimum atomic E-state index is 0.0680. The third-order valence-corrected chi connectivity index (χ3v) is 8.27. The Labute approximate surface area is 165 Å². The lowest BCUT2D eigenvalue weighted by Gasteiger charge is -2.50. The average Bonchev–Trinajstić information content (AvgIpc) is 2.76. The van der Waals surface area contributed by atoms with Crippen LogP contribution in [0.5, 0.6) is 0 Å². The third-order valence-electron chi connectivity index (χ3n) is 8.27. The Balaban J connectivity index is 1.49. The van der Waals surface area contributed by atoms with Crippen LogP contribution in [-0.4, -0.2) is 36.6 Å². The highest BCUT2D eigenvalue weighted by Gasteiger charge is 2.55. The predicted molar refractivity (Wildman–Crippen MR) is 109 cm³/mol. The molecule has 0 aromatic rings. The molecule has 2 aliphatic heterocycles. The maximum atomic E-state index is 12.8. The molecule has 27 heavy (non-hydrogen) atoms. The monoisotopic (exact) mass is 373 g/mol. The second-order valence-electron chi connectivity index (χ2n) is 11.4. The van der Waals surface area contributed by atoms with E-state index in [2.05, 4.69) is 39.2 Å². The molecule has 2 saturated carbocycles. The Morgan fingerprint density at radius 3 is 2.81 bits per heavy atom. The van der Waals surface area contributed by atoms with Gasteiger partial charge in [0.25, 0.3) is 0 Å². The fraction of sp³-hybridized carbons (Fsp3) is 0.875. The molecule has 4 fully saturated rings. The van der Waals surface area contributed by atoms with E-state index in [4.69, 9.17) is 4.74 Å². The molecule has 2 heterocycles. The van der Waals surface area contributed by atoms with Gasteiger partial charge in [0.1, 0.15) is 6.10 Å². The Hall–Kier alpha value is -0.830. The van der Waals surface area contributed by atoms with Crippen molar-refractivity contribution in [2.45, 2.75) is 78.7 Å². The fourth-order valence-electron chi connectivity index (χ4n) is 7.10. The standard InChI is InChI=1S/C24H39NO2/c1-16-8-10-25(15-23(3,4)12-16)14-19-18-11-20-17(2)7-6-9-24(20,5)13-21(18)27-22(19)26/h16,18-21H,2,6-15H2,1,3-5H3/t16-,18-,19+,20+,21-,24-/m1/s1. The predicted octanol–water partition coefficient (Wildman–Crippen LogP) is 5.06. The number of hydrogen-bond donors (Lipinski definition) is 0. The lowest BCUT2D eigenvalue weighted by atomic mass is 9.55. The first-order chi connectivity index (χ1) is 12.7. The molecule has 4 aliphatic rings. The van der Waals surface area contributed by atoms with E-state index < -0.39 is 0 Å². The van der Waals surface area contributed by atoms with Gasteiger partial charge < -0.3 is 9.64 Å². The van der Waals surface area contributed by atoms with Crippen molar-refractivity contribution in [3.05, 3.63) is 12.2 Å². The number of ether oxygens (including phenoxy) is 1. The van der Waals surface area contributed by atoms with E-state index in [1.807, 2.05) is 0 Å². The molecule has 4 rings (SSSR count). The van der Waals surface area contributed by atoms with Crippen molar-refractivity contribution in [1.82, 2.24) is 4.90 Å². The summed E-state index contributed by atoms with van der Waals surface area (Å²) in [6, 6.07) is 0. The minimum Gasteiger partial charge on any atom is -0.462 e. The maximum absolute atomic E-state index is 12.8. The van der Waals surface area contributed by atoms with E-state index in [0.717, 1.165) is 38.4 Å². The van der Waals surface area contributed by atoms with Crippen molar-refractivity contribution < 1.29 is 9.53 Å². The third kappa shape index (κ3) is 3.73. The molecule has 152 valence electrons. The van der Waals surface area contributed by atoms with Gasteiger partial charge in [0.15, 0.2) is 0 Å². The minimum absolute atomic E-state index is 0.0680. The molecule has 0 spiro atoms. The van der Waals surface area contributed by atoms with Crippen LogP contribution in [0.25, 0.3) is 0 Å². The quantitative estimate of drug-likeness (QED) is 0.500. The molecule has 0 aromatic heterocycles. The molecule has 2 aliphatic carbocycles. The van der Waals surface area contributed by atoms with Crippen molar-refractivity contribution in [1.29, 1.82) is 0 Å². The zero-order chi connectivity index (χ0) is 19.4. The van der Waals surface area contributed by atoms with Crippen LogP contribution in [0.4, 0.5) is 0 Å². The molecule has 3 nitrogen and oxygen atoms in total. The highest BCUT2D eigenvalue weighted by atomic mass is 16.6. The smallest absolute Gasteiger partial charge is 0.310 e. The highest BCUT2D eigenvalue weighted by molar-refractivity contribution is 5.75. The van der Waals surface area contributed by atoms with Gasteiger partial charge in [-0.1, -0.05) is 39.8 Å². The van der Waals surface area contributed by atoms with E-state index in [1.165, 1.54) is 37.7 Å². The van der Waals surface area contributed by atoms with Crippen LogP contribution in [0.15, 0.2) is 12.2 Å². The molecule has 0 bridgehead atoms. The van der Waals surface area contributed by atoms with Gasteiger partial charge in [-0.25, -0.2) is 0 Å². The van der Waals surface area contributed by atoms with Gasteiger partial charge in [-0.3, -0.25) is 4.79 Å². The van der Waals surface area contributed by atoms with Crippen molar-refractivity contribution in [3.8, 4) is 0 Å². The zero-order valence-electron chi connectivity index (χ0n) is 17.9. The largest absolute Gasteiger partial charge is 0.462 e. The lowest BCUT2D eigenvalue weighted by Crippen LogP contribution is -2.46. The maximum Gasteiger partial charge on any atom is 0.310 e. The van der Waals surface area contributed by atoms with Crippen molar-refractivity contribution >= 4 is 5.97 Å². The summed E-state index contributed by atoms with van der Waals surface area (Å²) >= 11 is 0. The van der Waals surface area contributed by atoms with Gasteiger partial charge in [-0.05, 0) is 74.2 Å². The van der Waals surface area contributed by atoms with Crippen LogP contribution in [0.3, 0.4) is 0 Å². The van der Waals surface area contributed by atoms with Crippen molar-refractivity contribution in [3.63, 3.8) is 0 Å². The van der Waals surface area contributed by atoms with Gasteiger partial charge >= 0.3 is 5.97 Å². The number of allylic oxidation sites excluding steroid dienone is 1. The first kappa shape index (κ1) is 19.5. The summed E-state index contributed by atoms with van der Waals surface area (Å²) < 4.78 is 5.98. The number of carbonyl (C=O) groups excluding carboxylic acids is 1. The summed E-state index contributed by atoms with van der Waals surface area (Å²) in [6.45, 7) is 17.1. The Morgan fingerprint density at radius 1 is 1.26 bits per heavy atom. The van der Waals surface area contributed by atoms with Crippen LogP contribution in [-0.2, 0) is 9.53 Å². The first-order valence-electron chi connectivity index (χ1n) is 11.3. The zero-order valence-corrected chi connectivity index (χ0v) is 17.9. The summed E-state index contributed by atoms with van der Waals surface area (Å²) in [5, 5.41) is 0. The van der Waals surface area contributed by atoms with Gasteiger partial charge in [-0.15, -0.1) is 0 Å². The average molecular weight is 374 g/mol. The number of fused-ring (bicyclic) bond motifs is 2. The van der Waals surface area contributed by atoms with E-state index in [9.17, 15) is 4.79 Å². The Kier molecular flexibility index (Phi) is 4.98. The summed E-state index contributed by atoms with van der Waals surface area (Å²) in [7, 11) is 0. The van der Waals surface area contributed by atoms with Gasteiger partial charge in [0, 0.05) is 19.0 Å². The van der Waals surface area contributed by atoms with E-state index in [-0.39, 0.29) is 18.0 Å². The number of carbonyl (C=O) groups is 1. The normalized spacial score (nSPS) is 45.0. The van der Waals surface area contributed by atoms with Crippen LogP contribution in [0, 0.1) is 34.5 Å². The molecule has 0 amide bonds. The number of hydrogen-bond acceptors (Lipinski definition) is 3. The van der Waals surface area contributed by atoms with E-state index in [0.29, 0.717) is 22.7 Å². The SMILES string of the molecule is C=C1CCC[C@]2(C)C[C@H]3OC(=O)[C@@H](CN4CC[C@@H](C)CC(C)(C)C4)[C@H]3C[C@@H]12. The number of esters is 1. The van der Waals surface area contributed by atoms with Gasteiger partial charge in [-0.2, -0.15) is 0 Å². The molecular formula is C24H39NO2. The second kappa shape index (κ2) is 6.90. The molecule has 6 atom stereocenters. The number of nitrogens with zero attached hydrogens (tertiary/aromatic N) is 1. The van der Waals surface area contributed by atoms with Gasteiger partial charge in [0.2, 0.25) is 0 Å². The van der Waals surface area contributed by atoms with Crippen LogP contribution < -0.4 is 0 Å². The molecule has 2 saturated heterocycles. The summed E-state index contributed by atoms with van der Waals surface area (Å²) in [6.07, 6.45) is 8.53. The molecule has 3 heteroatoms. The lowest BCUT2D eigenvalue weighted by molar-refractivity contribution is -0.146. The Bertz CT molecular complexity index is 612. The topological polar surface area (TPSA) is 29.5 Å². The van der Waals surface area contributed by atoms with E-state index in [1.54, 1.807) is 0 Å². The molecular weight excluding hydrogens is 334 g/mol. The highest BCUT2D eigenvalue weighted by Crippen LogP contribution is 2.57. The molecule has 0 unspecified atom stereocenters. The number of rotatable bonds is 2. The first-order valence-corrected chi connectivity index (χ1v) is 11.3. The summed E-state index contributed by atoms with van der Waals surface area (Å²) in [5.41, 5.74) is 2.07. The fourth-order valence-corrected chi connectivity index (χ4v) is 7.10. The Morgan fingerprint density at radius 2 is 2.04 bits per heavy atom.